The summed E-state index contributed by atoms with van der Waals surface area (Å²) in [6.07, 6.45) is 4.26. The van der Waals surface area contributed by atoms with Gasteiger partial charge in [-0.05, 0) is 0 Å². The lowest BCUT2D eigenvalue weighted by Crippen LogP contribution is -2.33. The first kappa shape index (κ1) is 15.2. The maximum absolute atomic E-state index is 12.3. The summed E-state index contributed by atoms with van der Waals surface area (Å²) in [7, 11) is 0. The van der Waals surface area contributed by atoms with Crippen molar-refractivity contribution in [2.75, 3.05) is 13.1 Å². The average Bonchev–Trinajstić information content (AvgIpc) is 2.96. The summed E-state index contributed by atoms with van der Waals surface area (Å²) in [5.74, 6) is -0.517. The van der Waals surface area contributed by atoms with Crippen molar-refractivity contribution in [1.29, 1.82) is 5.26 Å². The van der Waals surface area contributed by atoms with E-state index < -0.39 is 0 Å². The fourth-order valence-corrected chi connectivity index (χ4v) is 1.96. The second-order valence-electron chi connectivity index (χ2n) is 4.39. The molecule has 2 rings (SSSR count). The largest absolute Gasteiger partial charge is 0.492 e. The molecule has 0 aromatic carbocycles. The second kappa shape index (κ2) is 6.49. The Morgan fingerprint density at radius 2 is 2.14 bits per heavy atom. The topological polar surface area (TPSA) is 107 Å². The van der Waals surface area contributed by atoms with E-state index in [1.807, 2.05) is 6.07 Å². The normalized spacial score (nSPS) is 10.1. The Labute approximate surface area is 126 Å². The van der Waals surface area contributed by atoms with Gasteiger partial charge in [0.15, 0.2) is 0 Å². The van der Waals surface area contributed by atoms with Crippen LogP contribution >= 0.6 is 0 Å². The maximum Gasteiger partial charge on any atom is 0.255 e. The zero-order valence-electron chi connectivity index (χ0n) is 11.8. The van der Waals surface area contributed by atoms with E-state index in [1.165, 1.54) is 11.2 Å². The highest BCUT2D eigenvalue weighted by Gasteiger charge is 2.20. The number of carbonyl (C=O) groups is 1. The first-order chi connectivity index (χ1) is 10.6. The van der Waals surface area contributed by atoms with Gasteiger partial charge in [0.1, 0.15) is 18.0 Å². The van der Waals surface area contributed by atoms with Crippen LogP contribution in [0.3, 0.4) is 0 Å². The Morgan fingerprint density at radius 1 is 1.45 bits per heavy atom. The Bertz CT molecular complexity index is 763. The van der Waals surface area contributed by atoms with Crippen molar-refractivity contribution in [3.05, 3.63) is 42.9 Å². The number of fused-ring (bicyclic) bond motifs is 1. The van der Waals surface area contributed by atoms with Gasteiger partial charge in [0.25, 0.3) is 5.78 Å². The zero-order chi connectivity index (χ0) is 16.1. The molecule has 22 heavy (non-hydrogen) atoms. The second-order valence-corrected chi connectivity index (χ2v) is 4.39. The van der Waals surface area contributed by atoms with Gasteiger partial charge < -0.3 is 10.0 Å². The van der Waals surface area contributed by atoms with E-state index in [-0.39, 0.29) is 35.2 Å². The van der Waals surface area contributed by atoms with Crippen molar-refractivity contribution in [2.24, 2.45) is 0 Å². The molecule has 0 saturated heterocycles. The van der Waals surface area contributed by atoms with E-state index in [0.717, 1.165) is 4.52 Å². The van der Waals surface area contributed by atoms with Crippen LogP contribution in [-0.4, -0.2) is 48.6 Å². The van der Waals surface area contributed by atoms with Crippen LogP contribution in [0.2, 0.25) is 0 Å². The molecular weight excluding hydrogens is 284 g/mol. The smallest absolute Gasteiger partial charge is 0.255 e. The van der Waals surface area contributed by atoms with Crippen LogP contribution in [-0.2, 0) is 11.2 Å². The van der Waals surface area contributed by atoms with Gasteiger partial charge in [-0.2, -0.15) is 19.9 Å². The monoisotopic (exact) mass is 298 g/mol. The highest BCUT2D eigenvalue weighted by atomic mass is 16.3. The van der Waals surface area contributed by atoms with Gasteiger partial charge in [0.2, 0.25) is 11.8 Å². The SMILES string of the molecule is C=CCN(CC=C)C(=O)Cc1nc2ncnn2c(O)c1C#N. The summed E-state index contributed by atoms with van der Waals surface area (Å²) in [5.41, 5.74) is 0.0622. The van der Waals surface area contributed by atoms with E-state index in [0.29, 0.717) is 13.1 Å². The van der Waals surface area contributed by atoms with E-state index in [2.05, 4.69) is 28.2 Å². The first-order valence-electron chi connectivity index (χ1n) is 6.43. The first-order valence-corrected chi connectivity index (χ1v) is 6.43. The van der Waals surface area contributed by atoms with Gasteiger partial charge >= 0.3 is 0 Å². The summed E-state index contributed by atoms with van der Waals surface area (Å²) in [5, 5.41) is 23.0. The summed E-state index contributed by atoms with van der Waals surface area (Å²) in [4.78, 5) is 21.8. The molecule has 2 aromatic heterocycles. The Hall–Kier alpha value is -3.21. The van der Waals surface area contributed by atoms with Crippen molar-refractivity contribution in [3.8, 4) is 11.9 Å². The van der Waals surface area contributed by atoms with Crippen LogP contribution in [0.15, 0.2) is 31.6 Å². The lowest BCUT2D eigenvalue weighted by atomic mass is 10.1. The lowest BCUT2D eigenvalue weighted by Gasteiger charge is -2.19. The van der Waals surface area contributed by atoms with Crippen LogP contribution in [0.1, 0.15) is 11.3 Å². The number of aromatic nitrogens is 4. The Balaban J connectivity index is 2.38. The summed E-state index contributed by atoms with van der Waals surface area (Å²) in [6, 6.07) is 1.84. The molecule has 0 aliphatic carbocycles. The van der Waals surface area contributed by atoms with Gasteiger partial charge in [-0.1, -0.05) is 12.2 Å². The summed E-state index contributed by atoms with van der Waals surface area (Å²) in [6.45, 7) is 7.90. The molecule has 0 bridgehead atoms. The molecule has 0 fully saturated rings. The number of aromatic hydroxyl groups is 1. The van der Waals surface area contributed by atoms with Gasteiger partial charge in [0.05, 0.1) is 12.1 Å². The third-order valence-electron chi connectivity index (χ3n) is 2.96. The molecule has 8 nitrogen and oxygen atoms in total. The molecule has 1 N–H and O–H groups in total. The van der Waals surface area contributed by atoms with Crippen LogP contribution in [0.4, 0.5) is 0 Å². The van der Waals surface area contributed by atoms with Crippen LogP contribution < -0.4 is 0 Å². The molecule has 8 heteroatoms. The van der Waals surface area contributed by atoms with Crippen molar-refractivity contribution >= 4 is 11.7 Å². The summed E-state index contributed by atoms with van der Waals surface area (Å²) < 4.78 is 1.04. The van der Waals surface area contributed by atoms with E-state index >= 15 is 0 Å². The van der Waals surface area contributed by atoms with Crippen molar-refractivity contribution in [2.45, 2.75) is 6.42 Å². The van der Waals surface area contributed by atoms with Crippen molar-refractivity contribution in [1.82, 2.24) is 24.5 Å². The maximum atomic E-state index is 12.3. The summed E-state index contributed by atoms with van der Waals surface area (Å²) >= 11 is 0. The number of rotatable bonds is 6. The van der Waals surface area contributed by atoms with E-state index in [4.69, 9.17) is 0 Å². The number of carbonyl (C=O) groups excluding carboxylic acids is 1. The fraction of sp³-hybridized carbons (Fsp3) is 0.214. The van der Waals surface area contributed by atoms with Gasteiger partial charge in [-0.15, -0.1) is 13.2 Å². The quantitative estimate of drug-likeness (QED) is 0.776. The van der Waals surface area contributed by atoms with E-state index in [1.54, 1.807) is 12.2 Å². The highest BCUT2D eigenvalue weighted by Crippen LogP contribution is 2.20. The molecule has 0 atom stereocenters. The molecule has 2 heterocycles. The minimum atomic E-state index is -0.383. The fourth-order valence-electron chi connectivity index (χ4n) is 1.96. The molecule has 112 valence electrons. The minimum Gasteiger partial charge on any atom is -0.492 e. The predicted octanol–water partition coefficient (Wildman–Crippen LogP) is 0.445. The molecule has 0 spiro atoms. The molecule has 0 saturated carbocycles. The predicted molar refractivity (Wildman–Crippen MR) is 77.8 cm³/mol. The van der Waals surface area contributed by atoms with Gasteiger partial charge in [-0.3, -0.25) is 4.79 Å². The molecule has 0 aliphatic heterocycles. The number of nitrogens with zero attached hydrogens (tertiary/aromatic N) is 6. The standard InChI is InChI=1S/C14H14N6O2/c1-3-5-19(6-4-2)12(21)7-11-10(8-15)13(22)20-14(18-11)16-9-17-20/h3-4,9,22H,1-2,5-7H2. The molecule has 0 radical (unpaired) electrons. The minimum absolute atomic E-state index is 0.0940. The van der Waals surface area contributed by atoms with E-state index in [9.17, 15) is 15.2 Å². The lowest BCUT2D eigenvalue weighted by molar-refractivity contribution is -0.129. The molecule has 1 amide bonds. The highest BCUT2D eigenvalue weighted by molar-refractivity contribution is 5.79. The van der Waals surface area contributed by atoms with Crippen molar-refractivity contribution < 1.29 is 9.90 Å². The average molecular weight is 298 g/mol. The van der Waals surface area contributed by atoms with Crippen molar-refractivity contribution in [3.63, 3.8) is 0 Å². The molecule has 0 unspecified atom stereocenters. The molecular formula is C14H14N6O2. The third-order valence-corrected chi connectivity index (χ3v) is 2.96. The Morgan fingerprint density at radius 3 is 2.73 bits per heavy atom. The zero-order valence-corrected chi connectivity index (χ0v) is 11.8. The molecule has 2 aromatic rings. The third kappa shape index (κ3) is 2.78. The molecule has 0 aliphatic rings. The van der Waals surface area contributed by atoms with Crippen LogP contribution in [0.5, 0.6) is 5.88 Å². The van der Waals surface area contributed by atoms with Gasteiger partial charge in [-0.25, -0.2) is 4.98 Å². The number of nitriles is 1. The van der Waals surface area contributed by atoms with Crippen LogP contribution in [0.25, 0.3) is 5.78 Å². The van der Waals surface area contributed by atoms with Gasteiger partial charge in [0, 0.05) is 13.1 Å². The Kier molecular flexibility index (Phi) is 4.48. The van der Waals surface area contributed by atoms with Crippen LogP contribution in [0, 0.1) is 11.3 Å². The number of amides is 1. The number of hydrogen-bond acceptors (Lipinski definition) is 6. The number of hydrogen-bond donors (Lipinski definition) is 1.